The van der Waals surface area contributed by atoms with Crippen LogP contribution in [0.3, 0.4) is 0 Å². The SMILES string of the molecule is CC(=O)c1ccc(NS(=O)(=O)c2ccc(C)cc2Cl)cc1. The highest BCUT2D eigenvalue weighted by molar-refractivity contribution is 7.92. The second-order valence-corrected chi connectivity index (χ2v) is 6.73. The summed E-state index contributed by atoms with van der Waals surface area (Å²) in [7, 11) is -3.76. The molecular weight excluding hydrogens is 310 g/mol. The van der Waals surface area contributed by atoms with E-state index < -0.39 is 10.0 Å². The molecular formula is C15H14ClNO3S. The highest BCUT2D eigenvalue weighted by atomic mass is 35.5. The smallest absolute Gasteiger partial charge is 0.263 e. The molecule has 0 aromatic heterocycles. The molecule has 21 heavy (non-hydrogen) atoms. The molecule has 0 heterocycles. The number of carbonyl (C=O) groups excluding carboxylic acids is 1. The summed E-state index contributed by atoms with van der Waals surface area (Å²) in [6, 6.07) is 10.9. The highest BCUT2D eigenvalue weighted by Gasteiger charge is 2.18. The molecule has 4 nitrogen and oxygen atoms in total. The normalized spacial score (nSPS) is 11.2. The Labute approximate surface area is 128 Å². The zero-order valence-corrected chi connectivity index (χ0v) is 13.1. The van der Waals surface area contributed by atoms with Crippen LogP contribution in [0, 0.1) is 6.92 Å². The Balaban J connectivity index is 2.30. The van der Waals surface area contributed by atoms with Crippen LogP contribution in [0.25, 0.3) is 0 Å². The van der Waals surface area contributed by atoms with Crippen molar-refractivity contribution in [2.24, 2.45) is 0 Å². The van der Waals surface area contributed by atoms with Crippen LogP contribution in [0.15, 0.2) is 47.4 Å². The molecule has 110 valence electrons. The van der Waals surface area contributed by atoms with E-state index in [-0.39, 0.29) is 15.7 Å². The Morgan fingerprint density at radius 3 is 2.24 bits per heavy atom. The largest absolute Gasteiger partial charge is 0.295 e. The molecule has 0 saturated carbocycles. The molecule has 0 bridgehead atoms. The number of benzene rings is 2. The molecule has 0 aliphatic carbocycles. The molecule has 6 heteroatoms. The highest BCUT2D eigenvalue weighted by Crippen LogP contribution is 2.24. The Bertz CT molecular complexity index is 783. The lowest BCUT2D eigenvalue weighted by Crippen LogP contribution is -2.13. The van der Waals surface area contributed by atoms with Gasteiger partial charge < -0.3 is 0 Å². The monoisotopic (exact) mass is 323 g/mol. The van der Waals surface area contributed by atoms with Crippen LogP contribution in [0.5, 0.6) is 0 Å². The van der Waals surface area contributed by atoms with Crippen LogP contribution in [0.2, 0.25) is 5.02 Å². The van der Waals surface area contributed by atoms with E-state index in [2.05, 4.69) is 4.72 Å². The van der Waals surface area contributed by atoms with Gasteiger partial charge >= 0.3 is 0 Å². The van der Waals surface area contributed by atoms with Crippen LogP contribution in [0.1, 0.15) is 22.8 Å². The number of aryl methyl sites for hydroxylation is 1. The number of sulfonamides is 1. The predicted octanol–water partition coefficient (Wildman–Crippen LogP) is 3.65. The number of halogens is 1. The van der Waals surface area contributed by atoms with Gasteiger partial charge in [0, 0.05) is 11.3 Å². The van der Waals surface area contributed by atoms with E-state index in [0.717, 1.165) is 5.56 Å². The van der Waals surface area contributed by atoms with Crippen molar-refractivity contribution in [2.45, 2.75) is 18.7 Å². The van der Waals surface area contributed by atoms with Crippen LogP contribution in [-0.4, -0.2) is 14.2 Å². The predicted molar refractivity (Wildman–Crippen MR) is 83.4 cm³/mol. The van der Waals surface area contributed by atoms with Crippen LogP contribution >= 0.6 is 11.6 Å². The maximum Gasteiger partial charge on any atom is 0.263 e. The molecule has 2 aromatic carbocycles. The van der Waals surface area contributed by atoms with Gasteiger partial charge in [-0.25, -0.2) is 8.42 Å². The maximum absolute atomic E-state index is 12.3. The lowest BCUT2D eigenvalue weighted by molar-refractivity contribution is 0.101. The molecule has 0 amide bonds. The molecule has 2 rings (SSSR count). The number of hydrogen-bond acceptors (Lipinski definition) is 3. The second-order valence-electron chi connectivity index (χ2n) is 4.67. The van der Waals surface area contributed by atoms with Crippen molar-refractivity contribution in [1.29, 1.82) is 0 Å². The Hall–Kier alpha value is -1.85. The van der Waals surface area contributed by atoms with Gasteiger partial charge in [-0.05, 0) is 55.8 Å². The molecule has 1 N–H and O–H groups in total. The van der Waals surface area contributed by atoms with E-state index >= 15 is 0 Å². The number of Topliss-reactive ketones (excluding diaryl/α,β-unsaturated/α-hetero) is 1. The van der Waals surface area contributed by atoms with Gasteiger partial charge in [-0.3, -0.25) is 9.52 Å². The lowest BCUT2D eigenvalue weighted by Gasteiger charge is -2.10. The number of ketones is 1. The van der Waals surface area contributed by atoms with E-state index in [4.69, 9.17) is 11.6 Å². The third-order valence-corrected chi connectivity index (χ3v) is 4.78. The first kappa shape index (κ1) is 15.5. The molecule has 0 fully saturated rings. The lowest BCUT2D eigenvalue weighted by atomic mass is 10.1. The van der Waals surface area contributed by atoms with E-state index in [0.29, 0.717) is 11.3 Å². The van der Waals surface area contributed by atoms with Crippen molar-refractivity contribution < 1.29 is 13.2 Å². The average molecular weight is 324 g/mol. The number of rotatable bonds is 4. The van der Waals surface area contributed by atoms with Crippen molar-refractivity contribution in [3.63, 3.8) is 0 Å². The van der Waals surface area contributed by atoms with Gasteiger partial charge in [-0.2, -0.15) is 0 Å². The summed E-state index contributed by atoms with van der Waals surface area (Å²) in [5, 5.41) is 0.169. The number of hydrogen-bond donors (Lipinski definition) is 1. The number of carbonyl (C=O) groups is 1. The molecule has 2 aromatic rings. The van der Waals surface area contributed by atoms with E-state index in [1.54, 1.807) is 24.3 Å². The minimum atomic E-state index is -3.76. The van der Waals surface area contributed by atoms with Crippen LogP contribution in [-0.2, 0) is 10.0 Å². The van der Waals surface area contributed by atoms with E-state index in [1.807, 2.05) is 6.92 Å². The van der Waals surface area contributed by atoms with Gasteiger partial charge in [0.1, 0.15) is 4.90 Å². The fraction of sp³-hybridized carbons (Fsp3) is 0.133. The quantitative estimate of drug-likeness (QED) is 0.873. The third kappa shape index (κ3) is 3.62. The molecule has 0 aliphatic heterocycles. The van der Waals surface area contributed by atoms with Crippen LogP contribution in [0.4, 0.5) is 5.69 Å². The molecule has 0 saturated heterocycles. The third-order valence-electron chi connectivity index (χ3n) is 2.92. The summed E-state index contributed by atoms with van der Waals surface area (Å²) in [5.41, 5.74) is 1.77. The first-order chi connectivity index (χ1) is 9.79. The van der Waals surface area contributed by atoms with Crippen molar-refractivity contribution >= 4 is 33.1 Å². The minimum Gasteiger partial charge on any atom is -0.295 e. The van der Waals surface area contributed by atoms with Gasteiger partial charge in [-0.15, -0.1) is 0 Å². The summed E-state index contributed by atoms with van der Waals surface area (Å²) in [6.45, 7) is 3.28. The summed E-state index contributed by atoms with van der Waals surface area (Å²) in [4.78, 5) is 11.2. The number of nitrogens with one attached hydrogen (secondary N) is 1. The van der Waals surface area contributed by atoms with Gasteiger partial charge in [0.15, 0.2) is 5.78 Å². The summed E-state index contributed by atoms with van der Waals surface area (Å²) in [5.74, 6) is -0.0778. The summed E-state index contributed by atoms with van der Waals surface area (Å²) >= 11 is 5.98. The molecule has 0 unspecified atom stereocenters. The van der Waals surface area contributed by atoms with Gasteiger partial charge in [0.05, 0.1) is 5.02 Å². The fourth-order valence-electron chi connectivity index (χ4n) is 1.81. The first-order valence-corrected chi connectivity index (χ1v) is 8.06. The maximum atomic E-state index is 12.3. The Morgan fingerprint density at radius 1 is 1.10 bits per heavy atom. The Morgan fingerprint density at radius 2 is 1.71 bits per heavy atom. The van der Waals surface area contributed by atoms with E-state index in [9.17, 15) is 13.2 Å². The molecule has 0 atom stereocenters. The van der Waals surface area contributed by atoms with E-state index in [1.165, 1.54) is 25.1 Å². The molecule has 0 radical (unpaired) electrons. The first-order valence-electron chi connectivity index (χ1n) is 6.19. The second kappa shape index (κ2) is 5.87. The summed E-state index contributed by atoms with van der Waals surface area (Å²) < 4.78 is 27.0. The topological polar surface area (TPSA) is 63.2 Å². The van der Waals surface area contributed by atoms with Gasteiger partial charge in [-0.1, -0.05) is 17.7 Å². The van der Waals surface area contributed by atoms with Gasteiger partial charge in [0.2, 0.25) is 0 Å². The van der Waals surface area contributed by atoms with Crippen molar-refractivity contribution in [2.75, 3.05) is 4.72 Å². The van der Waals surface area contributed by atoms with Crippen molar-refractivity contribution in [3.8, 4) is 0 Å². The Kier molecular flexibility index (Phi) is 4.34. The number of anilines is 1. The molecule has 0 spiro atoms. The standard InChI is InChI=1S/C15H14ClNO3S/c1-10-3-8-15(14(16)9-10)21(19,20)17-13-6-4-12(5-7-13)11(2)18/h3-9,17H,1-2H3. The van der Waals surface area contributed by atoms with Crippen molar-refractivity contribution in [3.05, 3.63) is 58.6 Å². The fourth-order valence-corrected chi connectivity index (χ4v) is 3.47. The minimum absolute atomic E-state index is 0.0189. The zero-order chi connectivity index (χ0) is 15.6. The van der Waals surface area contributed by atoms with Gasteiger partial charge in [0.25, 0.3) is 10.0 Å². The molecule has 0 aliphatic rings. The summed E-state index contributed by atoms with van der Waals surface area (Å²) in [6.07, 6.45) is 0. The average Bonchev–Trinajstić information content (AvgIpc) is 2.38. The van der Waals surface area contributed by atoms with Crippen molar-refractivity contribution in [1.82, 2.24) is 0 Å². The zero-order valence-electron chi connectivity index (χ0n) is 11.6. The van der Waals surface area contributed by atoms with Crippen LogP contribution < -0.4 is 4.72 Å².